The summed E-state index contributed by atoms with van der Waals surface area (Å²) in [6.07, 6.45) is 0.669. The summed E-state index contributed by atoms with van der Waals surface area (Å²) in [5.74, 6) is -0.113. The lowest BCUT2D eigenvalue weighted by molar-refractivity contribution is 0.0685. The lowest BCUT2D eigenvalue weighted by Gasteiger charge is -2.13. The number of rotatable bonds is 7. The fraction of sp³-hybridized carbons (Fsp3) is 0.138. The van der Waals surface area contributed by atoms with Crippen LogP contribution in [0.5, 0.6) is 5.75 Å². The number of aromatic nitrogens is 1. The number of carboxylic acids is 1. The van der Waals surface area contributed by atoms with Crippen LogP contribution in [-0.4, -0.2) is 22.2 Å². The Morgan fingerprint density at radius 1 is 0.941 bits per heavy atom. The average molecular weight is 470 g/mol. The fourth-order valence-corrected chi connectivity index (χ4v) is 4.94. The molecule has 5 rings (SSSR count). The van der Waals surface area contributed by atoms with E-state index in [0.717, 1.165) is 44.1 Å². The zero-order valence-corrected chi connectivity index (χ0v) is 19.5. The minimum absolute atomic E-state index is 0.261. The van der Waals surface area contributed by atoms with Gasteiger partial charge in [0.1, 0.15) is 11.4 Å². The molecule has 1 aromatic heterocycles. The minimum atomic E-state index is -0.951. The van der Waals surface area contributed by atoms with Gasteiger partial charge in [0.25, 0.3) is 0 Å². The van der Waals surface area contributed by atoms with Crippen LogP contribution < -0.4 is 4.74 Å². The van der Waals surface area contributed by atoms with Crippen molar-refractivity contribution in [2.24, 2.45) is 0 Å². The van der Waals surface area contributed by atoms with Crippen LogP contribution >= 0.6 is 11.6 Å². The van der Waals surface area contributed by atoms with Crippen LogP contribution in [0.1, 0.15) is 22.5 Å². The Kier molecular flexibility index (Phi) is 5.99. The maximum absolute atomic E-state index is 12.1. The van der Waals surface area contributed by atoms with Crippen LogP contribution in [0, 0.1) is 6.92 Å². The summed E-state index contributed by atoms with van der Waals surface area (Å²) in [4.78, 5) is 12.1. The third-order valence-electron chi connectivity index (χ3n) is 6.19. The second-order valence-corrected chi connectivity index (χ2v) is 8.74. The Balaban J connectivity index is 1.44. The van der Waals surface area contributed by atoms with E-state index in [1.54, 1.807) is 6.07 Å². The molecule has 0 amide bonds. The molecule has 0 radical (unpaired) electrons. The average Bonchev–Trinajstić information content (AvgIpc) is 3.21. The SMILES string of the molecule is Cc1cccc(Cl)c1-c1cccc2c1cc(C(=O)O)n2CCCOc1cccc2ccccc12. The monoisotopic (exact) mass is 469 g/mol. The summed E-state index contributed by atoms with van der Waals surface area (Å²) in [5.41, 5.74) is 4.06. The van der Waals surface area contributed by atoms with Crippen LogP contribution in [0.15, 0.2) is 84.9 Å². The number of benzene rings is 4. The molecule has 5 heteroatoms. The molecule has 5 aromatic rings. The van der Waals surface area contributed by atoms with Crippen LogP contribution in [0.4, 0.5) is 0 Å². The Labute approximate surface area is 203 Å². The first-order valence-corrected chi connectivity index (χ1v) is 11.6. The molecule has 4 nitrogen and oxygen atoms in total. The normalized spacial score (nSPS) is 11.2. The fourth-order valence-electron chi connectivity index (χ4n) is 4.62. The number of aromatic carboxylic acids is 1. The molecule has 0 fully saturated rings. The topological polar surface area (TPSA) is 51.5 Å². The molecule has 170 valence electrons. The molecule has 34 heavy (non-hydrogen) atoms. The van der Waals surface area contributed by atoms with E-state index in [2.05, 4.69) is 12.1 Å². The van der Waals surface area contributed by atoms with E-state index in [1.165, 1.54) is 0 Å². The predicted molar refractivity (Wildman–Crippen MR) is 138 cm³/mol. The molecule has 0 spiro atoms. The number of hydrogen-bond donors (Lipinski definition) is 1. The molecule has 0 saturated carbocycles. The highest BCUT2D eigenvalue weighted by Gasteiger charge is 2.19. The van der Waals surface area contributed by atoms with Crippen molar-refractivity contribution in [3.63, 3.8) is 0 Å². The van der Waals surface area contributed by atoms with Crippen LogP contribution in [0.25, 0.3) is 32.8 Å². The van der Waals surface area contributed by atoms with Gasteiger partial charge >= 0.3 is 5.97 Å². The smallest absolute Gasteiger partial charge is 0.352 e. The second-order valence-electron chi connectivity index (χ2n) is 8.34. The molecule has 0 aliphatic heterocycles. The number of carboxylic acid groups (broad SMARTS) is 1. The van der Waals surface area contributed by atoms with Crippen molar-refractivity contribution in [2.75, 3.05) is 6.61 Å². The molecule has 0 bridgehead atoms. The molecular weight excluding hydrogens is 446 g/mol. The summed E-state index contributed by atoms with van der Waals surface area (Å²) in [6.45, 7) is 3.02. The molecule has 0 unspecified atom stereocenters. The van der Waals surface area contributed by atoms with Gasteiger partial charge in [-0.05, 0) is 54.1 Å². The molecule has 1 heterocycles. The third kappa shape index (κ3) is 4.02. The van der Waals surface area contributed by atoms with Crippen molar-refractivity contribution in [1.82, 2.24) is 4.57 Å². The van der Waals surface area contributed by atoms with Crippen molar-refractivity contribution in [1.29, 1.82) is 0 Å². The van der Waals surface area contributed by atoms with Gasteiger partial charge in [-0.15, -0.1) is 0 Å². The van der Waals surface area contributed by atoms with E-state index < -0.39 is 5.97 Å². The highest BCUT2D eigenvalue weighted by Crippen LogP contribution is 2.37. The van der Waals surface area contributed by atoms with Crippen molar-refractivity contribution in [2.45, 2.75) is 19.9 Å². The standard InChI is InChI=1S/C29H24ClNO3/c1-19-8-4-13-24(30)28(19)22-12-6-14-25-23(22)18-26(29(32)33)31(25)16-7-17-34-27-15-5-10-20-9-2-3-11-21(20)27/h2-6,8-15,18H,7,16-17H2,1H3,(H,32,33). The van der Waals surface area contributed by atoms with Crippen molar-refractivity contribution < 1.29 is 14.6 Å². The Bertz CT molecular complexity index is 1490. The molecule has 0 saturated heterocycles. The zero-order chi connectivity index (χ0) is 23.7. The summed E-state index contributed by atoms with van der Waals surface area (Å²) in [6, 6.07) is 27.6. The van der Waals surface area contributed by atoms with Gasteiger partial charge < -0.3 is 14.4 Å². The maximum Gasteiger partial charge on any atom is 0.352 e. The summed E-state index contributed by atoms with van der Waals surface area (Å²) < 4.78 is 7.94. The second kappa shape index (κ2) is 9.24. The lowest BCUT2D eigenvalue weighted by Crippen LogP contribution is -2.11. The van der Waals surface area contributed by atoms with Gasteiger partial charge in [-0.2, -0.15) is 0 Å². The molecule has 4 aromatic carbocycles. The zero-order valence-electron chi connectivity index (χ0n) is 18.8. The van der Waals surface area contributed by atoms with Gasteiger partial charge in [0.2, 0.25) is 0 Å². The highest BCUT2D eigenvalue weighted by molar-refractivity contribution is 6.34. The first-order chi connectivity index (χ1) is 16.5. The molecule has 0 aliphatic rings. The van der Waals surface area contributed by atoms with Crippen LogP contribution in [-0.2, 0) is 6.54 Å². The van der Waals surface area contributed by atoms with E-state index in [4.69, 9.17) is 16.3 Å². The van der Waals surface area contributed by atoms with Crippen molar-refractivity contribution in [3.8, 4) is 16.9 Å². The molecule has 0 aliphatic carbocycles. The van der Waals surface area contributed by atoms with Gasteiger partial charge in [-0.1, -0.05) is 72.3 Å². The number of nitrogens with zero attached hydrogens (tertiary/aromatic N) is 1. The maximum atomic E-state index is 12.1. The van der Waals surface area contributed by atoms with Gasteiger partial charge in [-0.3, -0.25) is 0 Å². The first kappa shape index (κ1) is 22.1. The lowest BCUT2D eigenvalue weighted by atomic mass is 9.97. The Morgan fingerprint density at radius 3 is 2.53 bits per heavy atom. The van der Waals surface area contributed by atoms with E-state index in [0.29, 0.717) is 24.6 Å². The first-order valence-electron chi connectivity index (χ1n) is 11.3. The van der Waals surface area contributed by atoms with E-state index in [1.807, 2.05) is 78.2 Å². The summed E-state index contributed by atoms with van der Waals surface area (Å²) in [5, 5.41) is 13.6. The van der Waals surface area contributed by atoms with Gasteiger partial charge in [0, 0.05) is 33.4 Å². The van der Waals surface area contributed by atoms with Gasteiger partial charge in [0.15, 0.2) is 0 Å². The van der Waals surface area contributed by atoms with Crippen LogP contribution in [0.2, 0.25) is 5.02 Å². The molecular formula is C29H24ClNO3. The number of hydrogen-bond acceptors (Lipinski definition) is 2. The van der Waals surface area contributed by atoms with Gasteiger partial charge in [-0.25, -0.2) is 4.79 Å². The van der Waals surface area contributed by atoms with Crippen molar-refractivity contribution >= 4 is 39.2 Å². The number of ether oxygens (including phenoxy) is 1. The predicted octanol–water partition coefficient (Wildman–Crippen LogP) is 7.59. The largest absolute Gasteiger partial charge is 0.493 e. The number of carbonyl (C=O) groups is 1. The number of aryl methyl sites for hydroxylation is 2. The van der Waals surface area contributed by atoms with Crippen LogP contribution in [0.3, 0.4) is 0 Å². The van der Waals surface area contributed by atoms with Gasteiger partial charge in [0.05, 0.1) is 6.61 Å². The minimum Gasteiger partial charge on any atom is -0.493 e. The quantitative estimate of drug-likeness (QED) is 0.250. The summed E-state index contributed by atoms with van der Waals surface area (Å²) in [7, 11) is 0. The Morgan fingerprint density at radius 2 is 1.71 bits per heavy atom. The molecule has 1 N–H and O–H groups in total. The van der Waals surface area contributed by atoms with Crippen molar-refractivity contribution in [3.05, 3.63) is 101 Å². The Hall–Kier alpha value is -3.76. The molecule has 0 atom stereocenters. The third-order valence-corrected chi connectivity index (χ3v) is 6.50. The highest BCUT2D eigenvalue weighted by atomic mass is 35.5. The summed E-state index contributed by atoms with van der Waals surface area (Å²) >= 11 is 6.54. The van der Waals surface area contributed by atoms with E-state index >= 15 is 0 Å². The number of halogens is 1. The number of fused-ring (bicyclic) bond motifs is 2. The van der Waals surface area contributed by atoms with E-state index in [-0.39, 0.29) is 5.69 Å². The van der Waals surface area contributed by atoms with E-state index in [9.17, 15) is 9.90 Å².